The number of thiophene rings is 1. The van der Waals surface area contributed by atoms with Crippen LogP contribution in [0.4, 0.5) is 10.7 Å². The van der Waals surface area contributed by atoms with Gasteiger partial charge in [0, 0.05) is 7.11 Å². The molecule has 7 heteroatoms. The van der Waals surface area contributed by atoms with Crippen molar-refractivity contribution in [1.29, 1.82) is 5.26 Å². The fourth-order valence-electron chi connectivity index (χ4n) is 2.38. The minimum absolute atomic E-state index is 0.117. The van der Waals surface area contributed by atoms with Crippen LogP contribution in [0.5, 0.6) is 0 Å². The van der Waals surface area contributed by atoms with Gasteiger partial charge in [-0.05, 0) is 19.3 Å². The molecule has 0 radical (unpaired) electrons. The van der Waals surface area contributed by atoms with Gasteiger partial charge in [0.25, 0.3) is 5.91 Å². The summed E-state index contributed by atoms with van der Waals surface area (Å²) in [6.45, 7) is 0. The second kappa shape index (κ2) is 5.47. The minimum atomic E-state index is -0.609. The van der Waals surface area contributed by atoms with Crippen molar-refractivity contribution < 1.29 is 9.53 Å². The number of carbonyl (C=O) groups excluding carboxylic acids is 1. The molecule has 0 bridgehead atoms. The molecule has 1 aromatic heterocycles. The maximum atomic E-state index is 11.3. The number of anilines is 2. The number of methoxy groups -OCH3 is 1. The van der Waals surface area contributed by atoms with Gasteiger partial charge in [0.1, 0.15) is 21.5 Å². The Bertz CT molecular complexity index is 535. The number of nitrogens with one attached hydrogen (secondary N) is 1. The van der Waals surface area contributed by atoms with Crippen LogP contribution in [0.3, 0.4) is 0 Å². The van der Waals surface area contributed by atoms with Crippen molar-refractivity contribution in [3.63, 3.8) is 0 Å². The fraction of sp³-hybridized carbons (Fsp3) is 0.500. The Hall–Kier alpha value is -1.78. The van der Waals surface area contributed by atoms with Crippen LogP contribution in [0.1, 0.15) is 34.5 Å². The van der Waals surface area contributed by atoms with E-state index in [-0.39, 0.29) is 22.7 Å². The molecule has 0 saturated heterocycles. The van der Waals surface area contributed by atoms with E-state index in [1.165, 1.54) is 0 Å². The van der Waals surface area contributed by atoms with Crippen molar-refractivity contribution in [2.75, 3.05) is 18.2 Å². The van der Waals surface area contributed by atoms with E-state index < -0.39 is 5.91 Å². The van der Waals surface area contributed by atoms with Crippen molar-refractivity contribution in [2.24, 2.45) is 5.73 Å². The smallest absolute Gasteiger partial charge is 0.261 e. The van der Waals surface area contributed by atoms with Gasteiger partial charge in [0.15, 0.2) is 0 Å². The lowest BCUT2D eigenvalue weighted by Crippen LogP contribution is -2.29. The quantitative estimate of drug-likeness (QED) is 0.768. The highest BCUT2D eigenvalue weighted by Gasteiger charge is 2.29. The molecule has 102 valence electrons. The zero-order valence-corrected chi connectivity index (χ0v) is 11.4. The molecule has 6 nitrogen and oxygen atoms in total. The van der Waals surface area contributed by atoms with Crippen LogP contribution in [0.25, 0.3) is 0 Å². The third-order valence-corrected chi connectivity index (χ3v) is 4.50. The summed E-state index contributed by atoms with van der Waals surface area (Å²) < 4.78 is 5.39. The molecule has 2 unspecified atom stereocenters. The van der Waals surface area contributed by atoms with E-state index in [0.717, 1.165) is 30.6 Å². The Kier molecular flexibility index (Phi) is 3.93. The fourth-order valence-corrected chi connectivity index (χ4v) is 3.37. The minimum Gasteiger partial charge on any atom is -0.396 e. The Balaban J connectivity index is 2.28. The maximum absolute atomic E-state index is 11.3. The van der Waals surface area contributed by atoms with Gasteiger partial charge in [0.2, 0.25) is 0 Å². The van der Waals surface area contributed by atoms with Crippen LogP contribution in [0.15, 0.2) is 0 Å². The zero-order chi connectivity index (χ0) is 14.0. The van der Waals surface area contributed by atoms with E-state index >= 15 is 0 Å². The standard InChI is InChI=1S/C12H16N4O2S/c1-18-8-4-2-3-7(8)16-12-6(5-13)9(14)10(19-12)11(15)17/h7-8,16H,2-4,14H2,1H3,(H2,15,17). The lowest BCUT2D eigenvalue weighted by molar-refractivity contribution is 0.100. The number of hydrogen-bond donors (Lipinski definition) is 3. The molecule has 2 atom stereocenters. The molecule has 1 amide bonds. The highest BCUT2D eigenvalue weighted by molar-refractivity contribution is 7.18. The third-order valence-electron chi connectivity index (χ3n) is 3.35. The first-order chi connectivity index (χ1) is 9.08. The lowest BCUT2D eigenvalue weighted by atomic mass is 10.2. The second-order valence-corrected chi connectivity index (χ2v) is 5.50. The van der Waals surface area contributed by atoms with E-state index in [1.807, 2.05) is 6.07 Å². The molecular weight excluding hydrogens is 264 g/mol. The Morgan fingerprint density at radius 2 is 2.32 bits per heavy atom. The predicted molar refractivity (Wildman–Crippen MR) is 74.0 cm³/mol. The van der Waals surface area contributed by atoms with Crippen LogP contribution in [0, 0.1) is 11.3 Å². The molecule has 1 aliphatic rings. The topological polar surface area (TPSA) is 114 Å². The largest absolute Gasteiger partial charge is 0.396 e. The van der Waals surface area contributed by atoms with Crippen LogP contribution in [-0.2, 0) is 4.74 Å². The number of carbonyl (C=O) groups is 1. The molecule has 1 aromatic rings. The van der Waals surface area contributed by atoms with Gasteiger partial charge in [0.05, 0.1) is 17.8 Å². The van der Waals surface area contributed by atoms with Gasteiger partial charge in [-0.2, -0.15) is 5.26 Å². The van der Waals surface area contributed by atoms with E-state index in [0.29, 0.717) is 10.6 Å². The molecule has 1 heterocycles. The highest BCUT2D eigenvalue weighted by atomic mass is 32.1. The first-order valence-electron chi connectivity index (χ1n) is 6.00. The van der Waals surface area contributed by atoms with Crippen LogP contribution in [-0.4, -0.2) is 25.2 Å². The SMILES string of the molecule is COC1CCCC1Nc1sc(C(N)=O)c(N)c1C#N. The summed E-state index contributed by atoms with van der Waals surface area (Å²) >= 11 is 1.13. The average molecular weight is 280 g/mol. The van der Waals surface area contributed by atoms with Gasteiger partial charge < -0.3 is 21.5 Å². The number of nitrogens with zero attached hydrogens (tertiary/aromatic N) is 1. The molecular formula is C12H16N4O2S. The molecule has 1 aliphatic carbocycles. The van der Waals surface area contributed by atoms with Crippen LogP contribution < -0.4 is 16.8 Å². The highest BCUT2D eigenvalue weighted by Crippen LogP contribution is 2.37. The monoisotopic (exact) mass is 280 g/mol. The van der Waals surface area contributed by atoms with Crippen LogP contribution in [0.2, 0.25) is 0 Å². The number of amides is 1. The summed E-state index contributed by atoms with van der Waals surface area (Å²) in [5, 5.41) is 13.0. The van der Waals surface area contributed by atoms with E-state index in [2.05, 4.69) is 5.32 Å². The predicted octanol–water partition coefficient (Wildman–Crippen LogP) is 1.28. The number of rotatable bonds is 4. The van der Waals surface area contributed by atoms with Gasteiger partial charge in [-0.25, -0.2) is 0 Å². The first kappa shape index (κ1) is 13.6. The number of nitrogen functional groups attached to an aromatic ring is 1. The van der Waals surface area contributed by atoms with Gasteiger partial charge in [-0.3, -0.25) is 4.79 Å². The van der Waals surface area contributed by atoms with E-state index in [1.54, 1.807) is 7.11 Å². The van der Waals surface area contributed by atoms with Gasteiger partial charge in [-0.1, -0.05) is 0 Å². The molecule has 1 saturated carbocycles. The maximum Gasteiger partial charge on any atom is 0.261 e. The second-order valence-electron chi connectivity index (χ2n) is 4.48. The number of nitrogens with two attached hydrogens (primary N) is 2. The summed E-state index contributed by atoms with van der Waals surface area (Å²) in [5.41, 5.74) is 11.5. The summed E-state index contributed by atoms with van der Waals surface area (Å²) in [4.78, 5) is 11.5. The Morgan fingerprint density at radius 1 is 1.58 bits per heavy atom. The van der Waals surface area contributed by atoms with Crippen molar-refractivity contribution in [1.82, 2.24) is 0 Å². The first-order valence-corrected chi connectivity index (χ1v) is 6.81. The van der Waals surface area contributed by atoms with Gasteiger partial charge >= 0.3 is 0 Å². The summed E-state index contributed by atoms with van der Waals surface area (Å²) in [6.07, 6.45) is 3.14. The van der Waals surface area contributed by atoms with Crippen molar-refractivity contribution >= 4 is 27.9 Å². The summed E-state index contributed by atoms with van der Waals surface area (Å²) in [7, 11) is 1.67. The molecule has 0 aliphatic heterocycles. The van der Waals surface area contributed by atoms with Crippen LogP contribution >= 0.6 is 11.3 Å². The summed E-state index contributed by atoms with van der Waals surface area (Å²) in [6, 6.07) is 2.16. The molecule has 5 N–H and O–H groups in total. The van der Waals surface area contributed by atoms with E-state index in [4.69, 9.17) is 21.5 Å². The molecule has 1 fully saturated rings. The van der Waals surface area contributed by atoms with E-state index in [9.17, 15) is 4.79 Å². The molecule has 19 heavy (non-hydrogen) atoms. The number of primary amides is 1. The van der Waals surface area contributed by atoms with Crippen molar-refractivity contribution in [3.05, 3.63) is 10.4 Å². The lowest BCUT2D eigenvalue weighted by Gasteiger charge is -2.19. The Morgan fingerprint density at radius 3 is 2.89 bits per heavy atom. The van der Waals surface area contributed by atoms with Crippen molar-refractivity contribution in [3.8, 4) is 6.07 Å². The molecule has 2 rings (SSSR count). The number of hydrogen-bond acceptors (Lipinski definition) is 6. The normalized spacial score (nSPS) is 22.1. The average Bonchev–Trinajstić information content (AvgIpc) is 2.94. The molecule has 0 aromatic carbocycles. The molecule has 0 spiro atoms. The number of ether oxygens (including phenoxy) is 1. The third kappa shape index (κ3) is 2.50. The number of nitriles is 1. The van der Waals surface area contributed by atoms with Crippen molar-refractivity contribution in [2.45, 2.75) is 31.4 Å². The zero-order valence-electron chi connectivity index (χ0n) is 10.6. The van der Waals surface area contributed by atoms with Gasteiger partial charge in [-0.15, -0.1) is 11.3 Å². The summed E-state index contributed by atoms with van der Waals surface area (Å²) in [5.74, 6) is -0.609. The Labute approximate surface area is 115 Å².